The Kier molecular flexibility index (Phi) is 4.06. The van der Waals surface area contributed by atoms with Crippen molar-refractivity contribution in [2.45, 2.75) is 6.92 Å². The van der Waals surface area contributed by atoms with Crippen molar-refractivity contribution >= 4 is 6.08 Å². The van der Waals surface area contributed by atoms with Gasteiger partial charge in [0.1, 0.15) is 5.75 Å². The second kappa shape index (κ2) is 5.38. The van der Waals surface area contributed by atoms with Crippen molar-refractivity contribution in [3.05, 3.63) is 35.9 Å². The van der Waals surface area contributed by atoms with E-state index in [-0.39, 0.29) is 0 Å². The number of hydrogen-bond acceptors (Lipinski definition) is 2. The van der Waals surface area contributed by atoms with Crippen LogP contribution in [0.25, 0.3) is 6.08 Å². The van der Waals surface area contributed by atoms with E-state index in [4.69, 9.17) is 9.84 Å². The van der Waals surface area contributed by atoms with Gasteiger partial charge in [-0.3, -0.25) is 0 Å². The Balaban J connectivity index is 2.44. The number of phenolic OH excluding ortho intramolecular Hbond substituents is 1. The van der Waals surface area contributed by atoms with Gasteiger partial charge < -0.3 is 9.84 Å². The molecule has 0 aromatic heterocycles. The predicted octanol–water partition coefficient (Wildman–Crippen LogP) is 2.44. The molecule has 1 N–H and O–H groups in total. The fourth-order valence-electron chi connectivity index (χ4n) is 0.956. The van der Waals surface area contributed by atoms with Crippen molar-refractivity contribution in [2.75, 3.05) is 13.2 Å². The van der Waals surface area contributed by atoms with E-state index in [1.165, 1.54) is 0 Å². The van der Waals surface area contributed by atoms with E-state index < -0.39 is 0 Å². The first kappa shape index (κ1) is 9.81. The summed E-state index contributed by atoms with van der Waals surface area (Å²) < 4.78 is 5.14. The lowest BCUT2D eigenvalue weighted by molar-refractivity contribution is 0.178. The van der Waals surface area contributed by atoms with E-state index >= 15 is 0 Å². The fraction of sp³-hybridized carbons (Fsp3) is 0.273. The molecule has 0 amide bonds. The van der Waals surface area contributed by atoms with E-state index in [2.05, 4.69) is 0 Å². The molecule has 0 fully saturated rings. The third kappa shape index (κ3) is 3.76. The number of ether oxygens (including phenoxy) is 1. The van der Waals surface area contributed by atoms with E-state index in [1.54, 1.807) is 12.1 Å². The summed E-state index contributed by atoms with van der Waals surface area (Å²) in [5.41, 5.74) is 1.07. The average Bonchev–Trinajstić information content (AvgIpc) is 2.15. The molecule has 13 heavy (non-hydrogen) atoms. The van der Waals surface area contributed by atoms with Crippen molar-refractivity contribution in [1.82, 2.24) is 0 Å². The van der Waals surface area contributed by atoms with Crippen LogP contribution in [0.4, 0.5) is 0 Å². The Labute approximate surface area is 78.5 Å². The largest absolute Gasteiger partial charge is 0.508 e. The van der Waals surface area contributed by atoms with Crippen LogP contribution in [0.5, 0.6) is 5.75 Å². The summed E-state index contributed by atoms with van der Waals surface area (Å²) in [5, 5.41) is 9.02. The first-order valence-corrected chi connectivity index (χ1v) is 4.36. The highest BCUT2D eigenvalue weighted by atomic mass is 16.5. The van der Waals surface area contributed by atoms with Gasteiger partial charge in [0.2, 0.25) is 0 Å². The van der Waals surface area contributed by atoms with Crippen LogP contribution in [-0.4, -0.2) is 18.3 Å². The molecule has 0 aliphatic heterocycles. The van der Waals surface area contributed by atoms with E-state index in [1.807, 2.05) is 31.2 Å². The SMILES string of the molecule is CCOCC=Cc1ccc(O)cc1. The van der Waals surface area contributed by atoms with Crippen molar-refractivity contribution in [3.63, 3.8) is 0 Å². The molecule has 1 aromatic carbocycles. The van der Waals surface area contributed by atoms with E-state index in [9.17, 15) is 0 Å². The molecule has 1 aromatic rings. The van der Waals surface area contributed by atoms with Crippen LogP contribution in [0.2, 0.25) is 0 Å². The molecule has 2 nitrogen and oxygen atoms in total. The lowest BCUT2D eigenvalue weighted by atomic mass is 10.2. The monoisotopic (exact) mass is 178 g/mol. The summed E-state index contributed by atoms with van der Waals surface area (Å²) in [7, 11) is 0. The Bertz CT molecular complexity index is 262. The number of rotatable bonds is 4. The van der Waals surface area contributed by atoms with Gasteiger partial charge >= 0.3 is 0 Å². The molecule has 0 heterocycles. The Morgan fingerprint density at radius 2 is 2.00 bits per heavy atom. The number of aromatic hydroxyl groups is 1. The molecule has 0 saturated heterocycles. The Morgan fingerprint density at radius 1 is 1.31 bits per heavy atom. The topological polar surface area (TPSA) is 29.5 Å². The minimum atomic E-state index is 0.293. The van der Waals surface area contributed by atoms with Crippen LogP contribution >= 0.6 is 0 Å². The van der Waals surface area contributed by atoms with Gasteiger partial charge in [-0.25, -0.2) is 0 Å². The number of hydrogen-bond donors (Lipinski definition) is 1. The molecule has 0 aliphatic carbocycles. The predicted molar refractivity (Wildman–Crippen MR) is 53.6 cm³/mol. The molecule has 0 atom stereocenters. The fourth-order valence-corrected chi connectivity index (χ4v) is 0.956. The first-order chi connectivity index (χ1) is 6.33. The minimum absolute atomic E-state index is 0.293. The second-order valence-electron chi connectivity index (χ2n) is 2.65. The standard InChI is InChI=1S/C11H14O2/c1-2-13-9-3-4-10-5-7-11(12)8-6-10/h3-8,12H,2,9H2,1H3. The lowest BCUT2D eigenvalue weighted by Crippen LogP contribution is -1.87. The molecular weight excluding hydrogens is 164 g/mol. The Morgan fingerprint density at radius 3 is 2.62 bits per heavy atom. The van der Waals surface area contributed by atoms with Gasteiger partial charge in [-0.15, -0.1) is 0 Å². The zero-order valence-corrected chi connectivity index (χ0v) is 7.73. The second-order valence-corrected chi connectivity index (χ2v) is 2.65. The quantitative estimate of drug-likeness (QED) is 0.717. The van der Waals surface area contributed by atoms with Crippen molar-refractivity contribution < 1.29 is 9.84 Å². The zero-order valence-electron chi connectivity index (χ0n) is 7.73. The summed E-state index contributed by atoms with van der Waals surface area (Å²) >= 11 is 0. The number of phenols is 1. The van der Waals surface area contributed by atoms with E-state index in [0.717, 1.165) is 12.2 Å². The normalized spacial score (nSPS) is 10.8. The highest BCUT2D eigenvalue weighted by Gasteiger charge is 1.86. The van der Waals surface area contributed by atoms with E-state index in [0.29, 0.717) is 12.4 Å². The summed E-state index contributed by atoms with van der Waals surface area (Å²) in [5.74, 6) is 0.293. The molecule has 0 unspecified atom stereocenters. The number of benzene rings is 1. The molecule has 2 heteroatoms. The van der Waals surface area contributed by atoms with Gasteiger partial charge in [-0.05, 0) is 24.6 Å². The molecule has 0 radical (unpaired) electrons. The van der Waals surface area contributed by atoms with Gasteiger partial charge in [0.25, 0.3) is 0 Å². The summed E-state index contributed by atoms with van der Waals surface area (Å²) in [6.45, 7) is 3.34. The van der Waals surface area contributed by atoms with Gasteiger partial charge in [-0.1, -0.05) is 24.3 Å². The molecule has 0 bridgehead atoms. The smallest absolute Gasteiger partial charge is 0.115 e. The van der Waals surface area contributed by atoms with Gasteiger partial charge in [0.05, 0.1) is 6.61 Å². The first-order valence-electron chi connectivity index (χ1n) is 4.36. The molecule has 0 saturated carbocycles. The summed E-state index contributed by atoms with van der Waals surface area (Å²) in [6, 6.07) is 7.05. The highest BCUT2D eigenvalue weighted by molar-refractivity contribution is 5.50. The van der Waals surface area contributed by atoms with Gasteiger partial charge in [-0.2, -0.15) is 0 Å². The maximum absolute atomic E-state index is 9.02. The molecule has 1 rings (SSSR count). The summed E-state index contributed by atoms with van der Waals surface area (Å²) in [6.07, 6.45) is 3.92. The van der Waals surface area contributed by atoms with Crippen molar-refractivity contribution in [3.8, 4) is 5.75 Å². The van der Waals surface area contributed by atoms with Crippen molar-refractivity contribution in [2.24, 2.45) is 0 Å². The van der Waals surface area contributed by atoms with Crippen LogP contribution in [-0.2, 0) is 4.74 Å². The molecule has 0 spiro atoms. The third-order valence-electron chi connectivity index (χ3n) is 1.62. The average molecular weight is 178 g/mol. The van der Waals surface area contributed by atoms with Crippen LogP contribution in [0.1, 0.15) is 12.5 Å². The van der Waals surface area contributed by atoms with Crippen LogP contribution < -0.4 is 0 Å². The lowest BCUT2D eigenvalue weighted by Gasteiger charge is -1.95. The maximum Gasteiger partial charge on any atom is 0.115 e. The van der Waals surface area contributed by atoms with Crippen molar-refractivity contribution in [1.29, 1.82) is 0 Å². The maximum atomic E-state index is 9.02. The van der Waals surface area contributed by atoms with Gasteiger partial charge in [0, 0.05) is 6.61 Å². The molecular formula is C11H14O2. The van der Waals surface area contributed by atoms with Crippen LogP contribution in [0.15, 0.2) is 30.3 Å². The van der Waals surface area contributed by atoms with Crippen LogP contribution in [0, 0.1) is 0 Å². The summed E-state index contributed by atoms with van der Waals surface area (Å²) in [4.78, 5) is 0. The molecule has 70 valence electrons. The molecule has 0 aliphatic rings. The van der Waals surface area contributed by atoms with Crippen LogP contribution in [0.3, 0.4) is 0 Å². The Hall–Kier alpha value is -1.28. The zero-order chi connectivity index (χ0) is 9.52. The third-order valence-corrected chi connectivity index (χ3v) is 1.62. The highest BCUT2D eigenvalue weighted by Crippen LogP contribution is 2.10. The van der Waals surface area contributed by atoms with Gasteiger partial charge in [0.15, 0.2) is 0 Å². The minimum Gasteiger partial charge on any atom is -0.508 e.